The number of azo groups is 1. The van der Waals surface area contributed by atoms with Gasteiger partial charge >= 0.3 is 0 Å². The first-order valence-electron chi connectivity index (χ1n) is 5.34. The standard InChI is InChI=1S/C12H9FN2O4S/c13-11-7-9(16)3-6-12(11)15-14-8-1-4-10(5-2-8)20(17,18)19/h1-7,16H,(H,17,18,19). The first kappa shape index (κ1) is 14.1. The van der Waals surface area contributed by atoms with E-state index in [4.69, 9.17) is 9.66 Å². The molecule has 6 nitrogen and oxygen atoms in total. The lowest BCUT2D eigenvalue weighted by Gasteiger charge is -1.98. The summed E-state index contributed by atoms with van der Waals surface area (Å²) in [4.78, 5) is -0.271. The summed E-state index contributed by atoms with van der Waals surface area (Å²) < 4.78 is 43.8. The number of benzene rings is 2. The highest BCUT2D eigenvalue weighted by Gasteiger charge is 2.08. The second-order valence-electron chi connectivity index (χ2n) is 3.80. The van der Waals surface area contributed by atoms with Crippen LogP contribution in [0.3, 0.4) is 0 Å². The topological polar surface area (TPSA) is 99.3 Å². The molecule has 8 heteroatoms. The van der Waals surface area contributed by atoms with Gasteiger partial charge in [0.25, 0.3) is 10.1 Å². The van der Waals surface area contributed by atoms with E-state index < -0.39 is 15.9 Å². The predicted molar refractivity (Wildman–Crippen MR) is 68.5 cm³/mol. The number of nitrogens with zero attached hydrogens (tertiary/aromatic N) is 2. The lowest BCUT2D eigenvalue weighted by molar-refractivity contribution is 0.469. The molecular weight excluding hydrogens is 287 g/mol. The van der Waals surface area contributed by atoms with Crippen LogP contribution in [0.1, 0.15) is 0 Å². The second-order valence-corrected chi connectivity index (χ2v) is 5.23. The zero-order valence-electron chi connectivity index (χ0n) is 9.93. The fourth-order valence-corrected chi connectivity index (χ4v) is 1.85. The predicted octanol–water partition coefficient (Wildman–Crippen LogP) is 3.19. The molecule has 0 heterocycles. The van der Waals surface area contributed by atoms with Crippen molar-refractivity contribution in [2.24, 2.45) is 10.2 Å². The fourth-order valence-electron chi connectivity index (χ4n) is 1.37. The van der Waals surface area contributed by atoms with E-state index in [1.807, 2.05) is 0 Å². The molecule has 0 aliphatic heterocycles. The van der Waals surface area contributed by atoms with E-state index in [2.05, 4.69) is 10.2 Å². The molecule has 0 bridgehead atoms. The van der Waals surface area contributed by atoms with Crippen LogP contribution in [0.15, 0.2) is 57.6 Å². The number of phenolic OH excluding ortho intramolecular Hbond substituents is 1. The molecule has 20 heavy (non-hydrogen) atoms. The third-order valence-electron chi connectivity index (χ3n) is 2.34. The maximum absolute atomic E-state index is 13.3. The highest BCUT2D eigenvalue weighted by Crippen LogP contribution is 2.25. The third-order valence-corrected chi connectivity index (χ3v) is 3.21. The average Bonchev–Trinajstić information content (AvgIpc) is 2.37. The molecular formula is C12H9FN2O4S. The van der Waals surface area contributed by atoms with Gasteiger partial charge in [0, 0.05) is 6.07 Å². The normalized spacial score (nSPS) is 11.9. The Hall–Kier alpha value is -2.32. The largest absolute Gasteiger partial charge is 0.508 e. The van der Waals surface area contributed by atoms with Crippen molar-refractivity contribution in [3.8, 4) is 5.75 Å². The van der Waals surface area contributed by atoms with Gasteiger partial charge in [0.2, 0.25) is 0 Å². The summed E-state index contributed by atoms with van der Waals surface area (Å²) in [5.74, 6) is -0.956. The third kappa shape index (κ3) is 3.37. The summed E-state index contributed by atoms with van der Waals surface area (Å²) in [6.07, 6.45) is 0. The van der Waals surface area contributed by atoms with Crippen LogP contribution in [0.25, 0.3) is 0 Å². The average molecular weight is 296 g/mol. The van der Waals surface area contributed by atoms with E-state index in [1.54, 1.807) is 0 Å². The molecule has 0 fully saturated rings. The number of hydrogen-bond donors (Lipinski definition) is 2. The highest BCUT2D eigenvalue weighted by molar-refractivity contribution is 7.85. The van der Waals surface area contributed by atoms with Crippen molar-refractivity contribution in [3.63, 3.8) is 0 Å². The summed E-state index contributed by atoms with van der Waals surface area (Å²) in [7, 11) is -4.26. The zero-order chi connectivity index (χ0) is 14.8. The molecule has 0 aliphatic rings. The van der Waals surface area contributed by atoms with Gasteiger partial charge in [-0.15, -0.1) is 5.11 Å². The van der Waals surface area contributed by atoms with Gasteiger partial charge in [-0.05, 0) is 36.4 Å². The van der Waals surface area contributed by atoms with E-state index in [0.717, 1.165) is 18.2 Å². The Morgan fingerprint density at radius 1 is 1.00 bits per heavy atom. The van der Waals surface area contributed by atoms with Gasteiger partial charge in [-0.25, -0.2) is 4.39 Å². The number of phenols is 1. The Morgan fingerprint density at radius 2 is 1.65 bits per heavy atom. The van der Waals surface area contributed by atoms with Gasteiger partial charge in [-0.2, -0.15) is 13.5 Å². The molecule has 2 N–H and O–H groups in total. The van der Waals surface area contributed by atoms with Crippen LogP contribution >= 0.6 is 0 Å². The van der Waals surface area contributed by atoms with Crippen molar-refractivity contribution in [3.05, 3.63) is 48.3 Å². The van der Waals surface area contributed by atoms with Crippen LogP contribution in [0.2, 0.25) is 0 Å². The SMILES string of the molecule is O=S(=O)(O)c1ccc(N=Nc2ccc(O)cc2F)cc1. The van der Waals surface area contributed by atoms with Crippen LogP contribution in [-0.2, 0) is 10.1 Å². The van der Waals surface area contributed by atoms with Crippen LogP contribution < -0.4 is 0 Å². The van der Waals surface area contributed by atoms with Gasteiger partial charge in [0.15, 0.2) is 5.82 Å². The molecule has 0 atom stereocenters. The molecule has 104 valence electrons. The maximum Gasteiger partial charge on any atom is 0.294 e. The smallest absolute Gasteiger partial charge is 0.294 e. The first-order valence-corrected chi connectivity index (χ1v) is 6.78. The number of halogens is 1. The van der Waals surface area contributed by atoms with Crippen molar-refractivity contribution < 1.29 is 22.5 Å². The molecule has 0 amide bonds. The summed E-state index contributed by atoms with van der Waals surface area (Å²) >= 11 is 0. The van der Waals surface area contributed by atoms with E-state index in [9.17, 15) is 12.8 Å². The van der Waals surface area contributed by atoms with Gasteiger partial charge in [-0.3, -0.25) is 4.55 Å². The molecule has 0 aliphatic carbocycles. The summed E-state index contributed by atoms with van der Waals surface area (Å²) in [6, 6.07) is 8.33. The number of aromatic hydroxyl groups is 1. The Kier molecular flexibility index (Phi) is 3.77. The Labute approximate surface area is 114 Å². The molecule has 2 rings (SSSR count). The molecule has 0 saturated carbocycles. The van der Waals surface area contributed by atoms with Crippen LogP contribution in [0, 0.1) is 5.82 Å². The van der Waals surface area contributed by atoms with Crippen molar-refractivity contribution >= 4 is 21.5 Å². The Morgan fingerprint density at radius 3 is 2.20 bits per heavy atom. The lowest BCUT2D eigenvalue weighted by Crippen LogP contribution is -1.96. The van der Waals surface area contributed by atoms with Crippen molar-refractivity contribution in [1.82, 2.24) is 0 Å². The minimum absolute atomic E-state index is 0.0679. The van der Waals surface area contributed by atoms with Crippen molar-refractivity contribution in [2.75, 3.05) is 0 Å². The van der Waals surface area contributed by atoms with Gasteiger partial charge < -0.3 is 5.11 Å². The lowest BCUT2D eigenvalue weighted by atomic mass is 10.3. The minimum atomic E-state index is -4.26. The Bertz CT molecular complexity index is 758. The van der Waals surface area contributed by atoms with E-state index in [-0.39, 0.29) is 22.0 Å². The quantitative estimate of drug-likeness (QED) is 0.671. The van der Waals surface area contributed by atoms with Gasteiger partial charge in [0.1, 0.15) is 11.4 Å². The molecule has 0 radical (unpaired) electrons. The molecule has 0 saturated heterocycles. The molecule has 2 aromatic rings. The van der Waals surface area contributed by atoms with Crippen LogP contribution in [-0.4, -0.2) is 18.1 Å². The summed E-state index contributed by atoms with van der Waals surface area (Å²) in [5, 5.41) is 16.4. The van der Waals surface area contributed by atoms with Crippen molar-refractivity contribution in [1.29, 1.82) is 0 Å². The monoisotopic (exact) mass is 296 g/mol. The molecule has 2 aromatic carbocycles. The van der Waals surface area contributed by atoms with E-state index >= 15 is 0 Å². The van der Waals surface area contributed by atoms with Crippen molar-refractivity contribution in [2.45, 2.75) is 4.90 Å². The molecule has 0 aromatic heterocycles. The number of hydrogen-bond acceptors (Lipinski definition) is 5. The molecule has 0 spiro atoms. The zero-order valence-corrected chi connectivity index (χ0v) is 10.7. The van der Waals surface area contributed by atoms with Crippen LogP contribution in [0.4, 0.5) is 15.8 Å². The summed E-state index contributed by atoms with van der Waals surface area (Å²) in [6.45, 7) is 0. The Balaban J connectivity index is 2.24. The van der Waals surface area contributed by atoms with Gasteiger partial charge in [-0.1, -0.05) is 0 Å². The second kappa shape index (κ2) is 5.35. The maximum atomic E-state index is 13.3. The fraction of sp³-hybridized carbons (Fsp3) is 0. The minimum Gasteiger partial charge on any atom is -0.508 e. The number of rotatable bonds is 3. The highest BCUT2D eigenvalue weighted by atomic mass is 32.2. The van der Waals surface area contributed by atoms with Crippen LogP contribution in [0.5, 0.6) is 5.75 Å². The summed E-state index contributed by atoms with van der Waals surface area (Å²) in [5.41, 5.74) is 0.214. The molecule has 0 unspecified atom stereocenters. The van der Waals surface area contributed by atoms with Gasteiger partial charge in [0.05, 0.1) is 10.6 Å². The first-order chi connectivity index (χ1) is 9.36. The van der Waals surface area contributed by atoms with E-state index in [0.29, 0.717) is 0 Å². The van der Waals surface area contributed by atoms with E-state index in [1.165, 1.54) is 24.3 Å².